The molecule has 1 aliphatic rings. The van der Waals surface area contributed by atoms with Crippen LogP contribution in [0.25, 0.3) is 0 Å². The molecule has 1 unspecified atom stereocenters. The molecule has 2 rings (SSSR count). The first kappa shape index (κ1) is 14.9. The van der Waals surface area contributed by atoms with Crippen molar-refractivity contribution in [2.45, 2.75) is 12.0 Å². The van der Waals surface area contributed by atoms with Gasteiger partial charge in [0.2, 0.25) is 0 Å². The van der Waals surface area contributed by atoms with E-state index < -0.39 is 23.1 Å². The average Bonchev–Trinajstić information content (AvgIpc) is 2.72. The summed E-state index contributed by atoms with van der Waals surface area (Å²) in [5, 5.41) is 10.3. The summed E-state index contributed by atoms with van der Waals surface area (Å²) in [6.07, 6.45) is 0.424. The number of halogens is 2. The minimum absolute atomic E-state index is 0.125. The smallest absolute Gasteiger partial charge is 0.257 e. The van der Waals surface area contributed by atoms with E-state index >= 15 is 0 Å². The first-order valence-corrected chi connectivity index (χ1v) is 6.42. The van der Waals surface area contributed by atoms with Crippen molar-refractivity contribution in [3.05, 3.63) is 35.4 Å². The highest BCUT2D eigenvalue weighted by Crippen LogP contribution is 2.24. The Morgan fingerprint density at radius 3 is 2.80 bits per heavy atom. The number of carbonyl (C=O) groups excluding carboxylic acids is 1. The Morgan fingerprint density at radius 1 is 1.45 bits per heavy atom. The molecular formula is C14H18F2N2O2. The fraction of sp³-hybridized carbons (Fsp3) is 0.500. The molecular weight excluding hydrogens is 266 g/mol. The van der Waals surface area contributed by atoms with Crippen molar-refractivity contribution in [1.82, 2.24) is 9.80 Å². The molecule has 1 fully saturated rings. The maximum Gasteiger partial charge on any atom is 0.257 e. The molecule has 110 valence electrons. The van der Waals surface area contributed by atoms with E-state index in [1.807, 2.05) is 19.0 Å². The van der Waals surface area contributed by atoms with Crippen molar-refractivity contribution in [1.29, 1.82) is 0 Å². The number of carbonyl (C=O) groups is 1. The van der Waals surface area contributed by atoms with Crippen molar-refractivity contribution in [3.8, 4) is 0 Å². The molecule has 1 heterocycles. The molecule has 1 aliphatic heterocycles. The molecule has 1 aromatic carbocycles. The number of benzene rings is 1. The van der Waals surface area contributed by atoms with E-state index in [0.29, 0.717) is 19.5 Å². The van der Waals surface area contributed by atoms with Crippen LogP contribution in [0.15, 0.2) is 18.2 Å². The summed E-state index contributed by atoms with van der Waals surface area (Å²) in [5.74, 6) is -1.99. The first-order chi connectivity index (χ1) is 9.31. The molecule has 0 bridgehead atoms. The third-order valence-electron chi connectivity index (χ3n) is 3.39. The molecule has 4 nitrogen and oxygen atoms in total. The molecule has 1 atom stereocenters. The normalized spacial score (nSPS) is 22.6. The van der Waals surface area contributed by atoms with Gasteiger partial charge in [0.25, 0.3) is 5.91 Å². The number of rotatable bonds is 3. The summed E-state index contributed by atoms with van der Waals surface area (Å²) >= 11 is 0. The molecule has 1 amide bonds. The molecule has 1 aromatic rings. The predicted octanol–water partition coefficient (Wildman–Crippen LogP) is 1.10. The molecule has 20 heavy (non-hydrogen) atoms. The van der Waals surface area contributed by atoms with Gasteiger partial charge in [0.05, 0.1) is 17.7 Å². The molecule has 1 saturated heterocycles. The van der Waals surface area contributed by atoms with E-state index in [0.717, 1.165) is 18.2 Å². The van der Waals surface area contributed by atoms with Crippen LogP contribution in [0.2, 0.25) is 0 Å². The van der Waals surface area contributed by atoms with Gasteiger partial charge in [0, 0.05) is 13.1 Å². The van der Waals surface area contributed by atoms with Gasteiger partial charge in [-0.25, -0.2) is 8.78 Å². The number of amides is 1. The van der Waals surface area contributed by atoms with Gasteiger partial charge in [-0.05, 0) is 38.7 Å². The largest absolute Gasteiger partial charge is 0.387 e. The fourth-order valence-corrected chi connectivity index (χ4v) is 2.58. The van der Waals surface area contributed by atoms with Gasteiger partial charge in [-0.1, -0.05) is 0 Å². The second-order valence-corrected chi connectivity index (χ2v) is 5.56. The highest BCUT2D eigenvalue weighted by Gasteiger charge is 2.39. The van der Waals surface area contributed by atoms with Gasteiger partial charge < -0.3 is 14.9 Å². The van der Waals surface area contributed by atoms with Gasteiger partial charge in [-0.2, -0.15) is 0 Å². The van der Waals surface area contributed by atoms with Crippen molar-refractivity contribution in [2.75, 3.05) is 33.7 Å². The molecule has 0 radical (unpaired) electrons. The molecule has 0 saturated carbocycles. The monoisotopic (exact) mass is 284 g/mol. The van der Waals surface area contributed by atoms with Crippen molar-refractivity contribution >= 4 is 5.91 Å². The number of likely N-dealkylation sites (tertiary alicyclic amines) is 1. The summed E-state index contributed by atoms with van der Waals surface area (Å²) in [6.45, 7) is 0.876. The standard InChI is InChI=1S/C14H18F2N2O2/c1-17(2)8-14(20)5-6-18(9-14)13(19)11-7-10(15)3-4-12(11)16/h3-4,7,20H,5-6,8-9H2,1-2H3. The quantitative estimate of drug-likeness (QED) is 0.904. The summed E-state index contributed by atoms with van der Waals surface area (Å²) in [5.41, 5.74) is -1.29. The first-order valence-electron chi connectivity index (χ1n) is 6.42. The number of nitrogens with zero attached hydrogens (tertiary/aromatic N) is 2. The van der Waals surface area contributed by atoms with E-state index in [-0.39, 0.29) is 12.1 Å². The van der Waals surface area contributed by atoms with Crippen LogP contribution in [0.4, 0.5) is 8.78 Å². The van der Waals surface area contributed by atoms with Gasteiger partial charge in [-0.15, -0.1) is 0 Å². The number of aliphatic hydroxyl groups is 1. The lowest BCUT2D eigenvalue weighted by atomic mass is 10.0. The van der Waals surface area contributed by atoms with E-state index in [4.69, 9.17) is 0 Å². The second kappa shape index (κ2) is 5.46. The lowest BCUT2D eigenvalue weighted by Gasteiger charge is -2.26. The predicted molar refractivity (Wildman–Crippen MR) is 70.4 cm³/mol. The number of β-amino-alcohol motifs (C(OH)–C–C–N with tert-alkyl or cyclic N) is 1. The van der Waals surface area contributed by atoms with Crippen molar-refractivity contribution in [2.24, 2.45) is 0 Å². The molecule has 0 spiro atoms. The van der Waals surface area contributed by atoms with E-state index in [2.05, 4.69) is 0 Å². The minimum Gasteiger partial charge on any atom is -0.387 e. The van der Waals surface area contributed by atoms with Crippen LogP contribution in [0, 0.1) is 11.6 Å². The van der Waals surface area contributed by atoms with Crippen LogP contribution in [-0.4, -0.2) is 60.1 Å². The summed E-state index contributed by atoms with van der Waals surface area (Å²) in [4.78, 5) is 15.4. The Bertz CT molecular complexity index is 522. The summed E-state index contributed by atoms with van der Waals surface area (Å²) in [7, 11) is 3.66. The topological polar surface area (TPSA) is 43.8 Å². The summed E-state index contributed by atoms with van der Waals surface area (Å²) < 4.78 is 26.7. The van der Waals surface area contributed by atoms with Gasteiger partial charge in [-0.3, -0.25) is 4.79 Å². The third-order valence-corrected chi connectivity index (χ3v) is 3.39. The maximum atomic E-state index is 13.6. The lowest BCUT2D eigenvalue weighted by molar-refractivity contribution is 0.0235. The van der Waals surface area contributed by atoms with Crippen LogP contribution in [0.1, 0.15) is 16.8 Å². The highest BCUT2D eigenvalue weighted by atomic mass is 19.1. The number of hydrogen-bond donors (Lipinski definition) is 1. The zero-order valence-corrected chi connectivity index (χ0v) is 11.6. The van der Waals surface area contributed by atoms with E-state index in [9.17, 15) is 18.7 Å². The maximum absolute atomic E-state index is 13.6. The van der Waals surface area contributed by atoms with Gasteiger partial charge >= 0.3 is 0 Å². The molecule has 6 heteroatoms. The van der Waals surface area contributed by atoms with Crippen LogP contribution in [0.3, 0.4) is 0 Å². The number of likely N-dealkylation sites (N-methyl/N-ethyl adjacent to an activating group) is 1. The Labute approximate surface area is 116 Å². The van der Waals surface area contributed by atoms with Gasteiger partial charge in [0.1, 0.15) is 11.6 Å². The molecule has 1 N–H and O–H groups in total. The van der Waals surface area contributed by atoms with E-state index in [1.165, 1.54) is 4.90 Å². The van der Waals surface area contributed by atoms with Gasteiger partial charge in [0.15, 0.2) is 0 Å². The lowest BCUT2D eigenvalue weighted by Crippen LogP contribution is -2.43. The second-order valence-electron chi connectivity index (χ2n) is 5.56. The Kier molecular flexibility index (Phi) is 4.06. The third kappa shape index (κ3) is 3.13. The average molecular weight is 284 g/mol. The summed E-state index contributed by atoms with van der Waals surface area (Å²) in [6, 6.07) is 2.80. The fourth-order valence-electron chi connectivity index (χ4n) is 2.58. The molecule has 0 aromatic heterocycles. The molecule has 0 aliphatic carbocycles. The Hall–Kier alpha value is -1.53. The minimum atomic E-state index is -0.997. The zero-order valence-electron chi connectivity index (χ0n) is 11.6. The van der Waals surface area contributed by atoms with Crippen LogP contribution < -0.4 is 0 Å². The zero-order chi connectivity index (χ0) is 14.9. The van der Waals surface area contributed by atoms with Crippen LogP contribution >= 0.6 is 0 Å². The SMILES string of the molecule is CN(C)CC1(O)CCN(C(=O)c2cc(F)ccc2F)C1. The van der Waals surface area contributed by atoms with Crippen LogP contribution in [-0.2, 0) is 0 Å². The van der Waals surface area contributed by atoms with Crippen molar-refractivity contribution < 1.29 is 18.7 Å². The van der Waals surface area contributed by atoms with Crippen molar-refractivity contribution in [3.63, 3.8) is 0 Å². The van der Waals surface area contributed by atoms with Crippen LogP contribution in [0.5, 0.6) is 0 Å². The Balaban J connectivity index is 2.14. The Morgan fingerprint density at radius 2 is 2.15 bits per heavy atom. The number of hydrogen-bond acceptors (Lipinski definition) is 3. The van der Waals surface area contributed by atoms with E-state index in [1.54, 1.807) is 0 Å². The highest BCUT2D eigenvalue weighted by molar-refractivity contribution is 5.94.